The third-order valence-corrected chi connectivity index (χ3v) is 4.98. The number of Topliss-reactive ketones (excluding diaryl/α,β-unsaturated/α-hetero) is 1. The van der Waals surface area contributed by atoms with Crippen molar-refractivity contribution in [2.45, 2.75) is 0 Å². The van der Waals surface area contributed by atoms with Crippen molar-refractivity contribution in [3.63, 3.8) is 0 Å². The molecule has 1 heterocycles. The van der Waals surface area contributed by atoms with Crippen LogP contribution in [-0.4, -0.2) is 20.7 Å². The van der Waals surface area contributed by atoms with Gasteiger partial charge in [-0.3, -0.25) is 0 Å². The molecule has 0 aliphatic carbocycles. The van der Waals surface area contributed by atoms with Crippen molar-refractivity contribution in [3.8, 4) is 0 Å². The Kier molecular flexibility index (Phi) is 2.68. The van der Waals surface area contributed by atoms with Crippen LogP contribution in [0.25, 0.3) is 6.08 Å². The van der Waals surface area contributed by atoms with Crippen molar-refractivity contribution in [1.82, 2.24) is 0 Å². The van der Waals surface area contributed by atoms with E-state index in [0.717, 1.165) is 15.6 Å². The van der Waals surface area contributed by atoms with Crippen molar-refractivity contribution >= 4 is 31.3 Å². The first kappa shape index (κ1) is 10.5. The number of hydrogen-bond acceptors (Lipinski definition) is 1. The Morgan fingerprint density at radius 3 is 2.35 bits per heavy atom. The molecule has 0 bridgehead atoms. The summed E-state index contributed by atoms with van der Waals surface area (Å²) in [5.41, 5.74) is 1.99. The summed E-state index contributed by atoms with van der Waals surface area (Å²) < 4.78 is 2.15. The predicted molar refractivity (Wildman–Crippen MR) is 70.6 cm³/mol. The normalized spacial score (nSPS) is 16.2. The van der Waals surface area contributed by atoms with Crippen molar-refractivity contribution in [2.24, 2.45) is 0 Å². The minimum absolute atomic E-state index is 0.156. The Labute approximate surface area is 106 Å². The fourth-order valence-corrected chi connectivity index (χ4v) is 4.04. The molecular weight excluding hydrogens is 275 g/mol. The van der Waals surface area contributed by atoms with E-state index < -0.39 is 0 Å². The van der Waals surface area contributed by atoms with Gasteiger partial charge in [0.2, 0.25) is 0 Å². The van der Waals surface area contributed by atoms with Crippen LogP contribution in [0.1, 0.15) is 15.9 Å². The number of carbonyl (C=O) groups excluding carboxylic acids is 1. The molecule has 82 valence electrons. The summed E-state index contributed by atoms with van der Waals surface area (Å²) in [6.45, 7) is 0. The molecule has 3 rings (SSSR count). The fourth-order valence-electron chi connectivity index (χ4n) is 1.84. The van der Waals surface area contributed by atoms with Crippen LogP contribution in [0.3, 0.4) is 0 Å². The van der Waals surface area contributed by atoms with E-state index in [2.05, 4.69) is 6.07 Å². The number of carbonyl (C=O) groups is 1. The van der Waals surface area contributed by atoms with Gasteiger partial charge in [0.05, 0.1) is 0 Å². The molecule has 0 unspecified atom stereocenters. The monoisotopic (exact) mass is 286 g/mol. The van der Waals surface area contributed by atoms with E-state index in [9.17, 15) is 4.79 Å². The van der Waals surface area contributed by atoms with E-state index in [4.69, 9.17) is 0 Å². The van der Waals surface area contributed by atoms with E-state index in [1.54, 1.807) is 0 Å². The zero-order chi connectivity index (χ0) is 11.7. The Morgan fingerprint density at radius 1 is 0.882 bits per heavy atom. The molecular formula is C15H10OSe. The molecule has 2 aromatic carbocycles. The number of rotatable bonds is 1. The summed E-state index contributed by atoms with van der Waals surface area (Å²) in [7, 11) is 0. The first-order chi connectivity index (χ1) is 8.34. The molecule has 0 amide bonds. The summed E-state index contributed by atoms with van der Waals surface area (Å²) >= 11 is 0.156. The maximum atomic E-state index is 12.1. The van der Waals surface area contributed by atoms with Gasteiger partial charge in [0.1, 0.15) is 0 Å². The Hall–Kier alpha value is -1.63. The maximum absolute atomic E-state index is 12.1. The number of benzene rings is 2. The average Bonchev–Trinajstić information content (AvgIpc) is 2.68. The van der Waals surface area contributed by atoms with Crippen LogP contribution in [-0.2, 0) is 0 Å². The molecule has 0 aromatic heterocycles. The minimum atomic E-state index is 0.156. The average molecular weight is 285 g/mol. The van der Waals surface area contributed by atoms with E-state index in [0.29, 0.717) is 0 Å². The standard InChI is InChI=1S/C15H10OSe/c16-15-12-8-4-5-9-13(12)17-14(15)10-11-6-2-1-3-7-11/h1-10H. The number of ketones is 1. The van der Waals surface area contributed by atoms with E-state index >= 15 is 0 Å². The van der Waals surface area contributed by atoms with Crippen molar-refractivity contribution < 1.29 is 4.79 Å². The molecule has 0 radical (unpaired) electrons. The van der Waals surface area contributed by atoms with Gasteiger partial charge in [-0.15, -0.1) is 0 Å². The van der Waals surface area contributed by atoms with Gasteiger partial charge in [-0.2, -0.15) is 0 Å². The van der Waals surface area contributed by atoms with Gasteiger partial charge in [-0.05, 0) is 0 Å². The van der Waals surface area contributed by atoms with Gasteiger partial charge in [-0.1, -0.05) is 0 Å². The zero-order valence-corrected chi connectivity index (χ0v) is 10.8. The fraction of sp³-hybridized carbons (Fsp3) is 0. The SMILES string of the molecule is O=C1C(=Cc2ccccc2)[Se]c2ccccc21. The van der Waals surface area contributed by atoms with Crippen LogP contribution in [0.4, 0.5) is 0 Å². The number of hydrogen-bond donors (Lipinski definition) is 0. The number of allylic oxidation sites excluding steroid dienone is 1. The second kappa shape index (κ2) is 4.32. The summed E-state index contributed by atoms with van der Waals surface area (Å²) in [6.07, 6.45) is 2.02. The molecule has 0 spiro atoms. The molecule has 17 heavy (non-hydrogen) atoms. The van der Waals surface area contributed by atoms with E-state index in [1.807, 2.05) is 54.6 Å². The van der Waals surface area contributed by atoms with Crippen molar-refractivity contribution in [3.05, 3.63) is 70.2 Å². The van der Waals surface area contributed by atoms with Gasteiger partial charge in [0.25, 0.3) is 0 Å². The van der Waals surface area contributed by atoms with E-state index in [-0.39, 0.29) is 20.7 Å². The van der Waals surface area contributed by atoms with Crippen LogP contribution in [0.5, 0.6) is 0 Å². The zero-order valence-electron chi connectivity index (χ0n) is 9.09. The Balaban J connectivity index is 2.00. The molecule has 0 N–H and O–H groups in total. The second-order valence-electron chi connectivity index (χ2n) is 3.85. The third kappa shape index (κ3) is 1.97. The van der Waals surface area contributed by atoms with Gasteiger partial charge >= 0.3 is 106 Å². The molecule has 2 heteroatoms. The van der Waals surface area contributed by atoms with Gasteiger partial charge in [0, 0.05) is 0 Å². The first-order valence-corrected chi connectivity index (χ1v) is 7.14. The number of fused-ring (bicyclic) bond motifs is 1. The third-order valence-electron chi connectivity index (χ3n) is 2.67. The van der Waals surface area contributed by atoms with Crippen LogP contribution in [0.15, 0.2) is 59.1 Å². The second-order valence-corrected chi connectivity index (χ2v) is 6.12. The van der Waals surface area contributed by atoms with Crippen LogP contribution in [0.2, 0.25) is 0 Å². The van der Waals surface area contributed by atoms with Crippen molar-refractivity contribution in [2.75, 3.05) is 0 Å². The Morgan fingerprint density at radius 2 is 1.59 bits per heavy atom. The van der Waals surface area contributed by atoms with Crippen LogP contribution < -0.4 is 4.46 Å². The van der Waals surface area contributed by atoms with Gasteiger partial charge < -0.3 is 0 Å². The molecule has 1 aliphatic heterocycles. The van der Waals surface area contributed by atoms with Crippen molar-refractivity contribution in [1.29, 1.82) is 0 Å². The van der Waals surface area contributed by atoms with E-state index in [1.165, 1.54) is 4.46 Å². The summed E-state index contributed by atoms with van der Waals surface area (Å²) in [6, 6.07) is 17.9. The van der Waals surface area contributed by atoms with Crippen LogP contribution >= 0.6 is 0 Å². The van der Waals surface area contributed by atoms with Gasteiger partial charge in [0.15, 0.2) is 0 Å². The van der Waals surface area contributed by atoms with Gasteiger partial charge in [-0.25, -0.2) is 0 Å². The summed E-state index contributed by atoms with van der Waals surface area (Å²) in [5, 5.41) is 0. The summed E-state index contributed by atoms with van der Waals surface area (Å²) in [5.74, 6) is 0.199. The molecule has 1 aliphatic rings. The quantitative estimate of drug-likeness (QED) is 0.580. The molecule has 0 fully saturated rings. The van der Waals surface area contributed by atoms with Crippen LogP contribution in [0, 0.1) is 0 Å². The molecule has 0 atom stereocenters. The molecule has 0 saturated carbocycles. The Bertz CT molecular complexity index is 599. The summed E-state index contributed by atoms with van der Waals surface area (Å²) in [4.78, 5) is 12.1. The molecule has 1 nitrogen and oxygen atoms in total. The molecule has 2 aromatic rings. The topological polar surface area (TPSA) is 17.1 Å². The first-order valence-electron chi connectivity index (χ1n) is 5.43. The molecule has 0 saturated heterocycles. The predicted octanol–water partition coefficient (Wildman–Crippen LogP) is 2.25.